The monoisotopic (exact) mass is 470 g/mol. The summed E-state index contributed by atoms with van der Waals surface area (Å²) in [5, 5.41) is 3.57. The molecule has 1 saturated heterocycles. The zero-order valence-corrected chi connectivity index (χ0v) is 19.5. The zero-order valence-electron chi connectivity index (χ0n) is 18.7. The molecule has 1 aliphatic heterocycles. The fourth-order valence-corrected chi connectivity index (χ4v) is 4.48. The highest BCUT2D eigenvalue weighted by atomic mass is 35.5. The van der Waals surface area contributed by atoms with Gasteiger partial charge in [-0.1, -0.05) is 23.7 Å². The lowest BCUT2D eigenvalue weighted by molar-refractivity contribution is -0.123. The van der Waals surface area contributed by atoms with Crippen molar-refractivity contribution in [3.8, 4) is 11.4 Å². The summed E-state index contributed by atoms with van der Waals surface area (Å²) < 4.78 is 7.74. The number of amides is 1. The summed E-state index contributed by atoms with van der Waals surface area (Å²) >= 11 is 6.19. The molecule has 1 unspecified atom stereocenters. The Morgan fingerprint density at radius 3 is 2.61 bits per heavy atom. The Hall–Kier alpha value is -3.10. The Labute approximate surface area is 196 Å². The largest absolute Gasteiger partial charge is 0.495 e. The minimum atomic E-state index is -0.862. The molecule has 1 N–H and O–H groups in total. The standard InChI is InChI=1S/C24H27ClN4O4/c1-16(22(30)26-11-14-27-12-5-6-13-27)28-20-15-17(25)9-10-18(20)23(31)29(24(28)32)19-7-3-4-8-21(19)33-2/h3-4,7-10,15-16H,5-6,11-14H2,1-2H3,(H,26,30). The van der Waals surface area contributed by atoms with Crippen LogP contribution in [0.2, 0.25) is 5.02 Å². The maximum absolute atomic E-state index is 13.7. The summed E-state index contributed by atoms with van der Waals surface area (Å²) in [6.07, 6.45) is 2.36. The van der Waals surface area contributed by atoms with E-state index in [9.17, 15) is 14.4 Å². The Bertz CT molecular complexity index is 1290. The molecular weight excluding hydrogens is 444 g/mol. The topological polar surface area (TPSA) is 85.6 Å². The van der Waals surface area contributed by atoms with Gasteiger partial charge < -0.3 is 15.0 Å². The number of para-hydroxylation sites is 2. The van der Waals surface area contributed by atoms with E-state index >= 15 is 0 Å². The molecule has 0 radical (unpaired) electrons. The molecule has 1 fully saturated rings. The van der Waals surface area contributed by atoms with Gasteiger partial charge in [-0.05, 0) is 63.2 Å². The number of nitrogens with zero attached hydrogens (tertiary/aromatic N) is 3. The molecule has 3 aromatic rings. The van der Waals surface area contributed by atoms with Crippen LogP contribution in [0.5, 0.6) is 5.75 Å². The van der Waals surface area contributed by atoms with E-state index in [1.54, 1.807) is 49.4 Å². The van der Waals surface area contributed by atoms with Crippen LogP contribution < -0.4 is 21.3 Å². The average Bonchev–Trinajstić information content (AvgIpc) is 3.32. The summed E-state index contributed by atoms with van der Waals surface area (Å²) in [6.45, 7) is 4.98. The lowest BCUT2D eigenvalue weighted by Crippen LogP contribution is -2.44. The Morgan fingerprint density at radius 1 is 1.15 bits per heavy atom. The molecular formula is C24H27ClN4O4. The number of rotatable bonds is 7. The second-order valence-electron chi connectivity index (χ2n) is 8.14. The second-order valence-corrected chi connectivity index (χ2v) is 8.58. The van der Waals surface area contributed by atoms with Crippen molar-refractivity contribution in [2.75, 3.05) is 33.3 Å². The van der Waals surface area contributed by atoms with Gasteiger partial charge in [0.25, 0.3) is 5.56 Å². The van der Waals surface area contributed by atoms with Crippen LogP contribution in [-0.4, -0.2) is 53.2 Å². The molecule has 8 nitrogen and oxygen atoms in total. The summed E-state index contributed by atoms with van der Waals surface area (Å²) in [5.41, 5.74) is -0.524. The summed E-state index contributed by atoms with van der Waals surface area (Å²) in [5.74, 6) is 0.0714. The second kappa shape index (κ2) is 9.80. The number of carbonyl (C=O) groups is 1. The van der Waals surface area contributed by atoms with E-state index in [4.69, 9.17) is 16.3 Å². The number of hydrogen-bond donors (Lipinski definition) is 1. The first-order chi connectivity index (χ1) is 15.9. The maximum atomic E-state index is 13.7. The molecule has 2 aromatic carbocycles. The molecule has 0 saturated carbocycles. The van der Waals surface area contributed by atoms with Gasteiger partial charge in [-0.3, -0.25) is 14.2 Å². The van der Waals surface area contributed by atoms with Gasteiger partial charge in [0.2, 0.25) is 5.91 Å². The zero-order chi connectivity index (χ0) is 23.5. The van der Waals surface area contributed by atoms with E-state index in [-0.39, 0.29) is 11.3 Å². The maximum Gasteiger partial charge on any atom is 0.337 e. The molecule has 0 bridgehead atoms. The number of nitrogens with one attached hydrogen (secondary N) is 1. The van der Waals surface area contributed by atoms with Crippen LogP contribution in [0, 0.1) is 0 Å². The van der Waals surface area contributed by atoms with Crippen molar-refractivity contribution in [2.45, 2.75) is 25.8 Å². The van der Waals surface area contributed by atoms with E-state index < -0.39 is 17.3 Å². The van der Waals surface area contributed by atoms with Crippen molar-refractivity contribution in [3.05, 3.63) is 68.3 Å². The fraction of sp³-hybridized carbons (Fsp3) is 0.375. The molecule has 174 valence electrons. The molecule has 2 heterocycles. The first kappa shape index (κ1) is 23.1. The van der Waals surface area contributed by atoms with Gasteiger partial charge in [0, 0.05) is 18.1 Å². The van der Waals surface area contributed by atoms with Crippen LogP contribution in [0.25, 0.3) is 16.6 Å². The average molecular weight is 471 g/mol. The SMILES string of the molecule is COc1ccccc1-n1c(=O)c2ccc(Cl)cc2n(C(C)C(=O)NCCN2CCCC2)c1=O. The predicted molar refractivity (Wildman–Crippen MR) is 129 cm³/mol. The van der Waals surface area contributed by atoms with Crippen molar-refractivity contribution in [3.63, 3.8) is 0 Å². The van der Waals surface area contributed by atoms with Crippen LogP contribution in [0.4, 0.5) is 0 Å². The van der Waals surface area contributed by atoms with Gasteiger partial charge in [-0.15, -0.1) is 0 Å². The molecule has 1 atom stereocenters. The van der Waals surface area contributed by atoms with Gasteiger partial charge in [-0.25, -0.2) is 9.36 Å². The van der Waals surface area contributed by atoms with E-state index in [2.05, 4.69) is 10.2 Å². The van der Waals surface area contributed by atoms with Gasteiger partial charge >= 0.3 is 5.69 Å². The van der Waals surface area contributed by atoms with Crippen molar-refractivity contribution >= 4 is 28.4 Å². The predicted octanol–water partition coefficient (Wildman–Crippen LogP) is 2.59. The molecule has 1 aliphatic rings. The molecule has 9 heteroatoms. The van der Waals surface area contributed by atoms with Gasteiger partial charge in [-0.2, -0.15) is 0 Å². The third-order valence-corrected chi connectivity index (χ3v) is 6.30. The molecule has 1 aromatic heterocycles. The quantitative estimate of drug-likeness (QED) is 0.573. The smallest absolute Gasteiger partial charge is 0.337 e. The summed E-state index contributed by atoms with van der Waals surface area (Å²) in [4.78, 5) is 42.3. The number of hydrogen-bond acceptors (Lipinski definition) is 5. The van der Waals surface area contributed by atoms with Crippen LogP contribution in [0.15, 0.2) is 52.1 Å². The number of ether oxygens (including phenoxy) is 1. The molecule has 0 aliphatic carbocycles. The van der Waals surface area contributed by atoms with E-state index in [0.29, 0.717) is 28.5 Å². The number of halogens is 1. The third kappa shape index (κ3) is 4.54. The normalized spacial score (nSPS) is 15.0. The Balaban J connectivity index is 1.79. The third-order valence-electron chi connectivity index (χ3n) is 6.07. The fourth-order valence-electron chi connectivity index (χ4n) is 4.31. The number of aromatic nitrogens is 2. The van der Waals surface area contributed by atoms with Gasteiger partial charge in [0.1, 0.15) is 11.8 Å². The molecule has 0 spiro atoms. The van der Waals surface area contributed by atoms with Gasteiger partial charge in [0.15, 0.2) is 0 Å². The van der Waals surface area contributed by atoms with Crippen LogP contribution in [-0.2, 0) is 4.79 Å². The molecule has 4 rings (SSSR count). The van der Waals surface area contributed by atoms with E-state index in [1.807, 2.05) is 0 Å². The van der Waals surface area contributed by atoms with E-state index in [0.717, 1.165) is 24.2 Å². The van der Waals surface area contributed by atoms with Crippen molar-refractivity contribution in [1.29, 1.82) is 0 Å². The minimum Gasteiger partial charge on any atom is -0.495 e. The van der Waals surface area contributed by atoms with Crippen LogP contribution >= 0.6 is 11.6 Å². The first-order valence-corrected chi connectivity index (χ1v) is 11.4. The van der Waals surface area contributed by atoms with E-state index in [1.165, 1.54) is 24.5 Å². The highest BCUT2D eigenvalue weighted by Gasteiger charge is 2.24. The summed E-state index contributed by atoms with van der Waals surface area (Å²) in [7, 11) is 1.47. The Kier molecular flexibility index (Phi) is 6.85. The van der Waals surface area contributed by atoms with Crippen molar-refractivity contribution < 1.29 is 9.53 Å². The number of likely N-dealkylation sites (tertiary alicyclic amines) is 1. The van der Waals surface area contributed by atoms with Crippen LogP contribution in [0.3, 0.4) is 0 Å². The highest BCUT2D eigenvalue weighted by Crippen LogP contribution is 2.23. The van der Waals surface area contributed by atoms with Crippen LogP contribution in [0.1, 0.15) is 25.8 Å². The number of fused-ring (bicyclic) bond motifs is 1. The lowest BCUT2D eigenvalue weighted by Gasteiger charge is -2.21. The number of methoxy groups -OCH3 is 1. The van der Waals surface area contributed by atoms with Gasteiger partial charge in [0.05, 0.1) is 23.7 Å². The first-order valence-electron chi connectivity index (χ1n) is 11.0. The highest BCUT2D eigenvalue weighted by molar-refractivity contribution is 6.31. The number of benzene rings is 2. The van der Waals surface area contributed by atoms with Crippen molar-refractivity contribution in [2.24, 2.45) is 0 Å². The Morgan fingerprint density at radius 2 is 1.88 bits per heavy atom. The molecule has 33 heavy (non-hydrogen) atoms. The lowest BCUT2D eigenvalue weighted by atomic mass is 10.2. The minimum absolute atomic E-state index is 0.279. The van der Waals surface area contributed by atoms with Crippen molar-refractivity contribution in [1.82, 2.24) is 19.4 Å². The summed E-state index contributed by atoms with van der Waals surface area (Å²) in [6, 6.07) is 10.6. The number of carbonyl (C=O) groups excluding carboxylic acids is 1. The molecule has 1 amide bonds.